The van der Waals surface area contributed by atoms with Crippen LogP contribution in [0.25, 0.3) is 6.08 Å². The number of rotatable bonds is 5. The summed E-state index contributed by atoms with van der Waals surface area (Å²) in [5.41, 5.74) is 7.91. The predicted molar refractivity (Wildman–Crippen MR) is 95.7 cm³/mol. The molecule has 0 saturated heterocycles. The van der Waals surface area contributed by atoms with E-state index in [0.29, 0.717) is 30.2 Å². The molecular formula is C19H19F3N2O4. The van der Waals surface area contributed by atoms with E-state index in [-0.39, 0.29) is 13.0 Å². The van der Waals surface area contributed by atoms with Crippen molar-refractivity contribution in [2.75, 3.05) is 13.2 Å². The topological polar surface area (TPSA) is 93.8 Å². The van der Waals surface area contributed by atoms with Crippen molar-refractivity contribution < 1.29 is 32.6 Å². The van der Waals surface area contributed by atoms with E-state index in [1.165, 1.54) is 12.1 Å². The number of carbonyl (C=O) groups is 1. The largest absolute Gasteiger partial charge is 0.489 e. The van der Waals surface area contributed by atoms with Crippen LogP contribution < -0.4 is 20.7 Å². The zero-order chi connectivity index (χ0) is 20.6. The Morgan fingerprint density at radius 3 is 2.50 bits per heavy atom. The summed E-state index contributed by atoms with van der Waals surface area (Å²) in [4.78, 5) is 8.58. The number of primary amides is 1. The number of nitrogens with one attached hydrogen (secondary N) is 1. The smallest absolute Gasteiger partial charge is 0.416 e. The highest BCUT2D eigenvalue weighted by molar-refractivity contribution is 5.64. The SMILES string of the molecule is NC=O.ONCC1=Cc2cc(OCc3ccc(C(F)(F)F)cc3)ccc2OC1. The third-order valence-corrected chi connectivity index (χ3v) is 3.75. The Kier molecular flexibility index (Phi) is 7.42. The summed E-state index contributed by atoms with van der Waals surface area (Å²) in [5.74, 6) is 1.29. The van der Waals surface area contributed by atoms with E-state index < -0.39 is 11.7 Å². The van der Waals surface area contributed by atoms with Crippen molar-refractivity contribution >= 4 is 12.5 Å². The van der Waals surface area contributed by atoms with Crippen molar-refractivity contribution in [3.8, 4) is 11.5 Å². The van der Waals surface area contributed by atoms with E-state index in [4.69, 9.17) is 19.5 Å². The van der Waals surface area contributed by atoms with Crippen LogP contribution >= 0.6 is 0 Å². The van der Waals surface area contributed by atoms with Gasteiger partial charge in [0.1, 0.15) is 24.7 Å². The van der Waals surface area contributed by atoms with Crippen molar-refractivity contribution in [1.82, 2.24) is 5.48 Å². The van der Waals surface area contributed by atoms with Gasteiger partial charge in [0.25, 0.3) is 0 Å². The van der Waals surface area contributed by atoms with Crippen LogP contribution in [-0.2, 0) is 17.6 Å². The minimum Gasteiger partial charge on any atom is -0.489 e. The van der Waals surface area contributed by atoms with Crippen molar-refractivity contribution in [1.29, 1.82) is 0 Å². The zero-order valence-corrected chi connectivity index (χ0v) is 14.7. The van der Waals surface area contributed by atoms with Gasteiger partial charge in [0, 0.05) is 12.1 Å². The summed E-state index contributed by atoms with van der Waals surface area (Å²) in [6.07, 6.45) is -2.20. The molecule has 1 heterocycles. The Morgan fingerprint density at radius 1 is 1.21 bits per heavy atom. The summed E-state index contributed by atoms with van der Waals surface area (Å²) in [7, 11) is 0. The molecule has 0 unspecified atom stereocenters. The van der Waals surface area contributed by atoms with Crippen LogP contribution in [0.4, 0.5) is 13.2 Å². The van der Waals surface area contributed by atoms with E-state index in [1.54, 1.807) is 18.2 Å². The lowest BCUT2D eigenvalue weighted by atomic mass is 10.1. The number of halogens is 3. The number of carbonyl (C=O) groups excluding carboxylic acids is 1. The maximum absolute atomic E-state index is 12.5. The number of nitrogens with two attached hydrogens (primary N) is 1. The van der Waals surface area contributed by atoms with Gasteiger partial charge in [0.2, 0.25) is 6.41 Å². The molecule has 0 spiro atoms. The van der Waals surface area contributed by atoms with Gasteiger partial charge in [0.05, 0.1) is 5.56 Å². The molecule has 1 amide bonds. The van der Waals surface area contributed by atoms with Gasteiger partial charge in [-0.05, 0) is 47.5 Å². The number of alkyl halides is 3. The van der Waals surface area contributed by atoms with E-state index in [1.807, 2.05) is 6.08 Å². The van der Waals surface area contributed by atoms with Gasteiger partial charge in [-0.15, -0.1) is 0 Å². The molecule has 3 rings (SSSR count). The van der Waals surface area contributed by atoms with Gasteiger partial charge in [-0.1, -0.05) is 12.1 Å². The third kappa shape index (κ3) is 6.00. The van der Waals surface area contributed by atoms with Gasteiger partial charge in [-0.3, -0.25) is 4.79 Å². The van der Waals surface area contributed by atoms with E-state index in [0.717, 1.165) is 23.3 Å². The van der Waals surface area contributed by atoms with Gasteiger partial charge in [-0.2, -0.15) is 13.2 Å². The monoisotopic (exact) mass is 396 g/mol. The molecule has 0 radical (unpaired) electrons. The zero-order valence-electron chi connectivity index (χ0n) is 14.7. The highest BCUT2D eigenvalue weighted by atomic mass is 19.4. The molecule has 2 aromatic rings. The number of hydrogen-bond acceptors (Lipinski definition) is 5. The Balaban J connectivity index is 0.000000878. The van der Waals surface area contributed by atoms with Crippen LogP contribution in [0.15, 0.2) is 48.0 Å². The molecule has 0 fully saturated rings. The average Bonchev–Trinajstić information content (AvgIpc) is 2.66. The molecule has 0 aromatic heterocycles. The molecule has 0 aliphatic carbocycles. The van der Waals surface area contributed by atoms with Crippen molar-refractivity contribution in [3.63, 3.8) is 0 Å². The Morgan fingerprint density at radius 2 is 1.89 bits per heavy atom. The van der Waals surface area contributed by atoms with E-state index in [9.17, 15) is 13.2 Å². The highest BCUT2D eigenvalue weighted by Gasteiger charge is 2.29. The fourth-order valence-electron chi connectivity index (χ4n) is 2.45. The Hall–Kier alpha value is -3.04. The lowest BCUT2D eigenvalue weighted by Gasteiger charge is -2.18. The molecule has 4 N–H and O–H groups in total. The van der Waals surface area contributed by atoms with Gasteiger partial charge in [-0.25, -0.2) is 5.48 Å². The first-order chi connectivity index (χ1) is 13.4. The second-order valence-corrected chi connectivity index (χ2v) is 5.75. The average molecular weight is 396 g/mol. The molecule has 0 atom stereocenters. The highest BCUT2D eigenvalue weighted by Crippen LogP contribution is 2.31. The lowest BCUT2D eigenvalue weighted by molar-refractivity contribution is -0.137. The van der Waals surface area contributed by atoms with E-state index in [2.05, 4.69) is 11.2 Å². The quantitative estimate of drug-likeness (QED) is 0.533. The summed E-state index contributed by atoms with van der Waals surface area (Å²) in [5, 5.41) is 8.76. The molecule has 28 heavy (non-hydrogen) atoms. The molecule has 6 nitrogen and oxygen atoms in total. The predicted octanol–water partition coefficient (Wildman–Crippen LogP) is 3.14. The molecule has 9 heteroatoms. The van der Waals surface area contributed by atoms with Gasteiger partial charge < -0.3 is 20.4 Å². The lowest BCUT2D eigenvalue weighted by Crippen LogP contribution is -2.18. The van der Waals surface area contributed by atoms with Crippen LogP contribution in [0.2, 0.25) is 0 Å². The van der Waals surface area contributed by atoms with Gasteiger partial charge >= 0.3 is 6.18 Å². The summed E-state index contributed by atoms with van der Waals surface area (Å²) in [6, 6.07) is 10.2. The van der Waals surface area contributed by atoms with Gasteiger partial charge in [0.15, 0.2) is 0 Å². The normalized spacial score (nSPS) is 12.6. The first kappa shape index (κ1) is 21.3. The molecule has 1 aliphatic rings. The molecule has 2 aromatic carbocycles. The van der Waals surface area contributed by atoms with Crippen LogP contribution in [0.1, 0.15) is 16.7 Å². The fraction of sp³-hybridized carbons (Fsp3) is 0.211. The maximum Gasteiger partial charge on any atom is 0.416 e. The van der Waals surface area contributed by atoms with Crippen LogP contribution in [0.5, 0.6) is 11.5 Å². The van der Waals surface area contributed by atoms with Crippen molar-refractivity contribution in [2.45, 2.75) is 12.8 Å². The summed E-state index contributed by atoms with van der Waals surface area (Å²) in [6.45, 7) is 0.856. The van der Waals surface area contributed by atoms with Crippen molar-refractivity contribution in [2.24, 2.45) is 5.73 Å². The van der Waals surface area contributed by atoms with Crippen molar-refractivity contribution in [3.05, 3.63) is 64.7 Å². The first-order valence-corrected chi connectivity index (χ1v) is 8.15. The molecule has 1 aliphatic heterocycles. The summed E-state index contributed by atoms with van der Waals surface area (Å²) < 4.78 is 48.9. The van der Waals surface area contributed by atoms with Crippen LogP contribution in [0, 0.1) is 0 Å². The molecule has 0 bridgehead atoms. The standard InChI is InChI=1S/C18H16F3NO3.CH3NO/c19-18(20,21)15-3-1-12(2-4-15)10-24-16-5-6-17-14(8-16)7-13(9-22-23)11-25-17;2-1-3/h1-8,22-23H,9-11H2;1H,(H2,2,3). The molecule has 150 valence electrons. The minimum atomic E-state index is -4.34. The van der Waals surface area contributed by atoms with Crippen LogP contribution in [0.3, 0.4) is 0 Å². The second-order valence-electron chi connectivity index (χ2n) is 5.75. The summed E-state index contributed by atoms with van der Waals surface area (Å²) >= 11 is 0. The number of hydrogen-bond donors (Lipinski definition) is 3. The Bertz CT molecular complexity index is 821. The fourth-order valence-corrected chi connectivity index (χ4v) is 2.45. The Labute approximate surface area is 159 Å². The number of hydroxylamine groups is 1. The van der Waals surface area contributed by atoms with E-state index >= 15 is 0 Å². The second kappa shape index (κ2) is 9.77. The number of ether oxygens (including phenoxy) is 2. The number of benzene rings is 2. The first-order valence-electron chi connectivity index (χ1n) is 8.15. The number of fused-ring (bicyclic) bond motifs is 1. The van der Waals surface area contributed by atoms with Crippen LogP contribution in [-0.4, -0.2) is 24.8 Å². The minimum absolute atomic E-state index is 0.159. The molecular weight excluding hydrogens is 377 g/mol. The maximum atomic E-state index is 12.5. The third-order valence-electron chi connectivity index (χ3n) is 3.75. The molecule has 0 saturated carbocycles. The number of amides is 1.